The number of halogens is 1. The van der Waals surface area contributed by atoms with E-state index in [2.05, 4.69) is 36.9 Å². The molecular weight excluding hydrogens is 246 g/mol. The lowest BCUT2D eigenvalue weighted by Crippen LogP contribution is -2.33. The summed E-state index contributed by atoms with van der Waals surface area (Å²) in [6, 6.07) is 6.86. The van der Waals surface area contributed by atoms with Crippen molar-refractivity contribution in [2.24, 2.45) is 5.92 Å². The first-order valence-corrected chi connectivity index (χ1v) is 7.12. The molecule has 0 bridgehead atoms. The SMILES string of the molecule is COc1ccc(C)cc1CN1CCC(C)C1CCl. The number of aryl methyl sites for hydroxylation is 1. The summed E-state index contributed by atoms with van der Waals surface area (Å²) in [6.45, 7) is 6.48. The van der Waals surface area contributed by atoms with Crippen LogP contribution in [0.3, 0.4) is 0 Å². The number of alkyl halides is 1. The highest BCUT2D eigenvalue weighted by molar-refractivity contribution is 6.18. The minimum atomic E-state index is 0.497. The zero-order chi connectivity index (χ0) is 13.1. The van der Waals surface area contributed by atoms with E-state index in [-0.39, 0.29) is 0 Å². The average molecular weight is 268 g/mol. The van der Waals surface area contributed by atoms with Gasteiger partial charge in [-0.25, -0.2) is 0 Å². The molecule has 0 radical (unpaired) electrons. The molecule has 1 aliphatic rings. The number of methoxy groups -OCH3 is 1. The first-order valence-electron chi connectivity index (χ1n) is 6.59. The molecular formula is C15H22ClNO. The van der Waals surface area contributed by atoms with Crippen LogP contribution in [0.5, 0.6) is 5.75 Å². The van der Waals surface area contributed by atoms with E-state index in [9.17, 15) is 0 Å². The Morgan fingerprint density at radius 1 is 1.44 bits per heavy atom. The Balaban J connectivity index is 2.16. The molecule has 1 aromatic rings. The molecule has 0 amide bonds. The molecule has 1 fully saturated rings. The van der Waals surface area contributed by atoms with Crippen LogP contribution in [0.15, 0.2) is 18.2 Å². The molecule has 2 atom stereocenters. The Labute approximate surface area is 115 Å². The minimum Gasteiger partial charge on any atom is -0.496 e. The molecule has 0 saturated carbocycles. The smallest absolute Gasteiger partial charge is 0.123 e. The van der Waals surface area contributed by atoms with Crippen LogP contribution in [0.2, 0.25) is 0 Å². The van der Waals surface area contributed by atoms with Gasteiger partial charge in [-0.2, -0.15) is 0 Å². The lowest BCUT2D eigenvalue weighted by molar-refractivity contribution is 0.238. The maximum absolute atomic E-state index is 6.10. The van der Waals surface area contributed by atoms with Crippen molar-refractivity contribution in [3.8, 4) is 5.75 Å². The van der Waals surface area contributed by atoms with Crippen molar-refractivity contribution in [1.29, 1.82) is 0 Å². The third kappa shape index (κ3) is 2.81. The van der Waals surface area contributed by atoms with E-state index in [1.807, 2.05) is 0 Å². The third-order valence-electron chi connectivity index (χ3n) is 3.96. The number of benzene rings is 1. The van der Waals surface area contributed by atoms with Crippen LogP contribution in [-0.4, -0.2) is 30.5 Å². The van der Waals surface area contributed by atoms with Crippen molar-refractivity contribution >= 4 is 11.6 Å². The summed E-state index contributed by atoms with van der Waals surface area (Å²) in [4.78, 5) is 2.48. The summed E-state index contributed by atoms with van der Waals surface area (Å²) >= 11 is 6.10. The lowest BCUT2D eigenvalue weighted by atomic mass is 10.0. The molecule has 2 nitrogen and oxygen atoms in total. The number of nitrogens with zero attached hydrogens (tertiary/aromatic N) is 1. The van der Waals surface area contributed by atoms with Crippen molar-refractivity contribution in [3.63, 3.8) is 0 Å². The van der Waals surface area contributed by atoms with Gasteiger partial charge in [0.25, 0.3) is 0 Å². The fourth-order valence-electron chi connectivity index (χ4n) is 2.78. The Hall–Kier alpha value is -0.730. The number of hydrogen-bond donors (Lipinski definition) is 0. The van der Waals surface area contributed by atoms with Crippen molar-refractivity contribution < 1.29 is 4.74 Å². The Bertz CT molecular complexity index is 407. The van der Waals surface area contributed by atoms with Gasteiger partial charge in [-0.3, -0.25) is 4.90 Å². The summed E-state index contributed by atoms with van der Waals surface area (Å²) in [7, 11) is 1.74. The molecule has 100 valence electrons. The summed E-state index contributed by atoms with van der Waals surface area (Å²) in [5.41, 5.74) is 2.54. The number of hydrogen-bond acceptors (Lipinski definition) is 2. The highest BCUT2D eigenvalue weighted by Crippen LogP contribution is 2.29. The molecule has 0 N–H and O–H groups in total. The molecule has 0 spiro atoms. The van der Waals surface area contributed by atoms with Gasteiger partial charge in [0.2, 0.25) is 0 Å². The normalized spacial score (nSPS) is 24.4. The van der Waals surface area contributed by atoms with Crippen LogP contribution in [-0.2, 0) is 6.54 Å². The topological polar surface area (TPSA) is 12.5 Å². The summed E-state index contributed by atoms with van der Waals surface area (Å²) < 4.78 is 5.45. The van der Waals surface area contributed by atoms with E-state index in [0.29, 0.717) is 12.0 Å². The van der Waals surface area contributed by atoms with Gasteiger partial charge in [0, 0.05) is 24.0 Å². The molecule has 1 heterocycles. The predicted molar refractivity (Wildman–Crippen MR) is 76.4 cm³/mol. The van der Waals surface area contributed by atoms with Crippen LogP contribution in [0, 0.1) is 12.8 Å². The van der Waals surface area contributed by atoms with E-state index in [4.69, 9.17) is 16.3 Å². The molecule has 3 heteroatoms. The molecule has 2 unspecified atom stereocenters. The van der Waals surface area contributed by atoms with Crippen LogP contribution in [0.4, 0.5) is 0 Å². The van der Waals surface area contributed by atoms with Gasteiger partial charge >= 0.3 is 0 Å². The highest BCUT2D eigenvalue weighted by atomic mass is 35.5. The molecule has 0 aromatic heterocycles. The second-order valence-corrected chi connectivity index (χ2v) is 5.58. The third-order valence-corrected chi connectivity index (χ3v) is 4.28. The van der Waals surface area contributed by atoms with E-state index in [0.717, 1.165) is 24.7 Å². The summed E-state index contributed by atoms with van der Waals surface area (Å²) in [5, 5.41) is 0. The van der Waals surface area contributed by atoms with E-state index >= 15 is 0 Å². The number of rotatable bonds is 4. The van der Waals surface area contributed by atoms with E-state index in [1.54, 1.807) is 7.11 Å². The van der Waals surface area contributed by atoms with Gasteiger partial charge in [0.15, 0.2) is 0 Å². The first kappa shape index (κ1) is 13.7. The van der Waals surface area contributed by atoms with E-state index in [1.165, 1.54) is 17.5 Å². The zero-order valence-electron chi connectivity index (χ0n) is 11.4. The van der Waals surface area contributed by atoms with Gasteiger partial charge in [-0.1, -0.05) is 24.6 Å². The quantitative estimate of drug-likeness (QED) is 0.775. The Morgan fingerprint density at radius 3 is 2.89 bits per heavy atom. The maximum Gasteiger partial charge on any atom is 0.123 e. The van der Waals surface area contributed by atoms with Gasteiger partial charge in [0.05, 0.1) is 7.11 Å². The second kappa shape index (κ2) is 5.94. The lowest BCUT2D eigenvalue weighted by Gasteiger charge is -2.25. The van der Waals surface area contributed by atoms with Crippen molar-refractivity contribution in [3.05, 3.63) is 29.3 Å². The Kier molecular flexibility index (Phi) is 4.52. The molecule has 1 aromatic carbocycles. The largest absolute Gasteiger partial charge is 0.496 e. The van der Waals surface area contributed by atoms with Gasteiger partial charge in [-0.05, 0) is 31.9 Å². The van der Waals surface area contributed by atoms with Crippen LogP contribution in [0.1, 0.15) is 24.5 Å². The summed E-state index contributed by atoms with van der Waals surface area (Å²) in [5.74, 6) is 2.39. The monoisotopic (exact) mass is 267 g/mol. The standard InChI is InChI=1S/C15H22ClNO/c1-11-4-5-15(18-3)13(8-11)10-17-7-6-12(2)14(17)9-16/h4-5,8,12,14H,6-7,9-10H2,1-3H3. The van der Waals surface area contributed by atoms with Crippen molar-refractivity contribution in [1.82, 2.24) is 4.90 Å². The fraction of sp³-hybridized carbons (Fsp3) is 0.600. The summed E-state index contributed by atoms with van der Waals surface area (Å²) in [6.07, 6.45) is 1.24. The van der Waals surface area contributed by atoms with Crippen LogP contribution >= 0.6 is 11.6 Å². The predicted octanol–water partition coefficient (Wildman–Crippen LogP) is 3.45. The molecule has 18 heavy (non-hydrogen) atoms. The molecule has 1 aliphatic heterocycles. The van der Waals surface area contributed by atoms with Gasteiger partial charge in [-0.15, -0.1) is 11.6 Å². The van der Waals surface area contributed by atoms with Crippen molar-refractivity contribution in [2.45, 2.75) is 32.9 Å². The van der Waals surface area contributed by atoms with Crippen LogP contribution < -0.4 is 4.74 Å². The number of likely N-dealkylation sites (tertiary alicyclic amines) is 1. The number of ether oxygens (including phenoxy) is 1. The highest BCUT2D eigenvalue weighted by Gasteiger charge is 2.30. The molecule has 2 rings (SSSR count). The minimum absolute atomic E-state index is 0.497. The maximum atomic E-state index is 6.10. The zero-order valence-corrected chi connectivity index (χ0v) is 12.2. The average Bonchev–Trinajstić information content (AvgIpc) is 2.70. The fourth-order valence-corrected chi connectivity index (χ4v) is 3.28. The Morgan fingerprint density at radius 2 is 2.22 bits per heavy atom. The van der Waals surface area contributed by atoms with Crippen LogP contribution in [0.25, 0.3) is 0 Å². The van der Waals surface area contributed by atoms with Gasteiger partial charge < -0.3 is 4.74 Å². The molecule has 0 aliphatic carbocycles. The van der Waals surface area contributed by atoms with Crippen molar-refractivity contribution in [2.75, 3.05) is 19.5 Å². The van der Waals surface area contributed by atoms with Gasteiger partial charge in [0.1, 0.15) is 5.75 Å². The first-order chi connectivity index (χ1) is 8.65. The molecule has 1 saturated heterocycles. The van der Waals surface area contributed by atoms with E-state index < -0.39 is 0 Å². The second-order valence-electron chi connectivity index (χ2n) is 5.27.